The smallest absolute Gasteiger partial charge is 0.119 e. The van der Waals surface area contributed by atoms with Crippen molar-refractivity contribution in [1.29, 1.82) is 0 Å². The van der Waals surface area contributed by atoms with Gasteiger partial charge in [-0.25, -0.2) is 0 Å². The van der Waals surface area contributed by atoms with Gasteiger partial charge in [0.1, 0.15) is 5.75 Å². The topological polar surface area (TPSA) is 21.3 Å². The third kappa shape index (κ3) is 3.24. The highest BCUT2D eigenvalue weighted by atomic mass is 35.5. The molecule has 0 heterocycles. The number of hydrogen-bond acceptors (Lipinski definition) is 2. The summed E-state index contributed by atoms with van der Waals surface area (Å²) in [5.74, 6) is 1.58. The molecule has 0 bridgehead atoms. The van der Waals surface area contributed by atoms with Crippen molar-refractivity contribution in [2.75, 3.05) is 13.7 Å². The summed E-state index contributed by atoms with van der Waals surface area (Å²) in [5.41, 5.74) is 1.37. The highest BCUT2D eigenvalue weighted by Gasteiger charge is 2.29. The van der Waals surface area contributed by atoms with Crippen molar-refractivity contribution in [3.05, 3.63) is 41.4 Å². The van der Waals surface area contributed by atoms with Gasteiger partial charge in [0.25, 0.3) is 0 Å². The number of halogens is 1. The molecule has 0 radical (unpaired) electrons. The Balaban J connectivity index is 1.84. The summed E-state index contributed by atoms with van der Waals surface area (Å²) < 4.78 is 5.23. The van der Waals surface area contributed by atoms with E-state index < -0.39 is 0 Å². The van der Waals surface area contributed by atoms with Crippen molar-refractivity contribution in [1.82, 2.24) is 5.32 Å². The van der Waals surface area contributed by atoms with Crippen LogP contribution in [-0.2, 0) is 0 Å². The van der Waals surface area contributed by atoms with Crippen LogP contribution in [0.3, 0.4) is 0 Å². The van der Waals surface area contributed by atoms with E-state index in [4.69, 9.17) is 16.3 Å². The molecule has 0 unspecified atom stereocenters. The second-order valence-corrected chi connectivity index (χ2v) is 5.07. The van der Waals surface area contributed by atoms with Gasteiger partial charge in [0.05, 0.1) is 7.11 Å². The van der Waals surface area contributed by atoms with Crippen LogP contribution in [0, 0.1) is 0 Å². The molecule has 1 fully saturated rings. The van der Waals surface area contributed by atoms with Crippen LogP contribution in [0.4, 0.5) is 0 Å². The molecule has 92 valence electrons. The first kappa shape index (κ1) is 12.5. The molecule has 1 N–H and O–H groups in total. The predicted octanol–water partition coefficient (Wildman–Crippen LogP) is 3.28. The maximum atomic E-state index is 5.72. The minimum atomic E-state index is 0.571. The van der Waals surface area contributed by atoms with Gasteiger partial charge >= 0.3 is 0 Å². The Morgan fingerprint density at radius 3 is 2.94 bits per heavy atom. The van der Waals surface area contributed by atoms with Gasteiger partial charge in [-0.15, -0.1) is 0 Å². The van der Waals surface area contributed by atoms with Gasteiger partial charge in [0.2, 0.25) is 0 Å². The molecule has 0 spiro atoms. The van der Waals surface area contributed by atoms with Gasteiger partial charge in [-0.3, -0.25) is 0 Å². The van der Waals surface area contributed by atoms with Crippen molar-refractivity contribution < 1.29 is 4.74 Å². The molecule has 1 aromatic carbocycles. The Labute approximate surface area is 108 Å². The Hall–Kier alpha value is -0.990. The number of ether oxygens (including phenoxy) is 1. The van der Waals surface area contributed by atoms with Gasteiger partial charge in [-0.1, -0.05) is 30.3 Å². The zero-order valence-corrected chi connectivity index (χ0v) is 10.8. The second kappa shape index (κ2) is 5.56. The third-order valence-corrected chi connectivity index (χ3v) is 3.42. The average molecular weight is 252 g/mol. The molecular formula is C14H18ClNO. The van der Waals surface area contributed by atoms with E-state index in [1.165, 1.54) is 5.56 Å². The first-order valence-electron chi connectivity index (χ1n) is 5.89. The van der Waals surface area contributed by atoms with Crippen molar-refractivity contribution in [3.8, 4) is 5.75 Å². The summed E-state index contributed by atoms with van der Waals surface area (Å²) in [6.07, 6.45) is 2.33. The average Bonchev–Trinajstić information content (AvgIpc) is 2.27. The number of hydrogen-bond donors (Lipinski definition) is 1. The van der Waals surface area contributed by atoms with Crippen molar-refractivity contribution in [3.63, 3.8) is 0 Å². The molecule has 0 amide bonds. The normalized spacial score (nSPS) is 22.9. The molecule has 1 aromatic rings. The fourth-order valence-electron chi connectivity index (χ4n) is 2.21. The second-order valence-electron chi connectivity index (χ2n) is 4.54. The first-order chi connectivity index (χ1) is 8.19. The third-order valence-electron chi connectivity index (χ3n) is 3.29. The summed E-state index contributed by atoms with van der Waals surface area (Å²) in [4.78, 5) is 0. The molecular weight excluding hydrogens is 234 g/mol. The van der Waals surface area contributed by atoms with Gasteiger partial charge in [0, 0.05) is 17.6 Å². The summed E-state index contributed by atoms with van der Waals surface area (Å²) in [6.45, 7) is 4.38. The Morgan fingerprint density at radius 1 is 1.53 bits per heavy atom. The SMILES string of the molecule is C=C(Cl)CNC1CC(c2cccc(OC)c2)C1. The number of methoxy groups -OCH3 is 1. The standard InChI is InChI=1S/C14H18ClNO/c1-10(15)9-16-13-6-12(7-13)11-4-3-5-14(8-11)17-2/h3-5,8,12-13,16H,1,6-7,9H2,2H3. The van der Waals surface area contributed by atoms with Crippen LogP contribution < -0.4 is 10.1 Å². The van der Waals surface area contributed by atoms with Crippen LogP contribution in [0.1, 0.15) is 24.3 Å². The lowest BCUT2D eigenvalue weighted by Gasteiger charge is -2.36. The summed E-state index contributed by atoms with van der Waals surface area (Å²) in [6, 6.07) is 8.90. The van der Waals surface area contributed by atoms with E-state index >= 15 is 0 Å². The lowest BCUT2D eigenvalue weighted by atomic mass is 9.76. The largest absolute Gasteiger partial charge is 0.497 e. The van der Waals surface area contributed by atoms with Crippen LogP contribution in [-0.4, -0.2) is 19.7 Å². The van der Waals surface area contributed by atoms with Crippen LogP contribution in [0.5, 0.6) is 5.75 Å². The summed E-state index contributed by atoms with van der Waals surface area (Å²) in [7, 11) is 1.70. The zero-order valence-electron chi connectivity index (χ0n) is 10.1. The van der Waals surface area contributed by atoms with E-state index in [1.807, 2.05) is 6.07 Å². The van der Waals surface area contributed by atoms with Crippen molar-refractivity contribution >= 4 is 11.6 Å². The molecule has 1 aliphatic carbocycles. The predicted molar refractivity (Wildman–Crippen MR) is 71.8 cm³/mol. The fraction of sp³-hybridized carbons (Fsp3) is 0.429. The van der Waals surface area contributed by atoms with E-state index in [0.717, 1.165) is 18.6 Å². The highest BCUT2D eigenvalue weighted by molar-refractivity contribution is 6.29. The van der Waals surface area contributed by atoms with Gasteiger partial charge in [-0.05, 0) is 36.5 Å². The van der Waals surface area contributed by atoms with Crippen LogP contribution in [0.2, 0.25) is 0 Å². The molecule has 17 heavy (non-hydrogen) atoms. The van der Waals surface area contributed by atoms with Crippen LogP contribution >= 0.6 is 11.6 Å². The number of benzene rings is 1. The maximum Gasteiger partial charge on any atom is 0.119 e. The minimum Gasteiger partial charge on any atom is -0.497 e. The number of rotatable bonds is 5. The molecule has 0 aromatic heterocycles. The Bertz CT molecular complexity index is 399. The van der Waals surface area contributed by atoms with E-state index in [-0.39, 0.29) is 0 Å². The Kier molecular flexibility index (Phi) is 4.08. The van der Waals surface area contributed by atoms with Crippen LogP contribution in [0.15, 0.2) is 35.9 Å². The van der Waals surface area contributed by atoms with E-state index in [9.17, 15) is 0 Å². The minimum absolute atomic E-state index is 0.571. The van der Waals surface area contributed by atoms with Gasteiger partial charge in [0.15, 0.2) is 0 Å². The van der Waals surface area contributed by atoms with Crippen LogP contribution in [0.25, 0.3) is 0 Å². The molecule has 2 nitrogen and oxygen atoms in total. The monoisotopic (exact) mass is 251 g/mol. The molecule has 0 atom stereocenters. The Morgan fingerprint density at radius 2 is 2.29 bits per heavy atom. The van der Waals surface area contributed by atoms with E-state index in [1.54, 1.807) is 7.11 Å². The highest BCUT2D eigenvalue weighted by Crippen LogP contribution is 2.37. The quantitative estimate of drug-likeness (QED) is 0.867. The lowest BCUT2D eigenvalue weighted by molar-refractivity contribution is 0.298. The molecule has 0 saturated heterocycles. The van der Waals surface area contributed by atoms with Crippen molar-refractivity contribution in [2.24, 2.45) is 0 Å². The van der Waals surface area contributed by atoms with E-state index in [0.29, 0.717) is 23.5 Å². The molecule has 1 aliphatic rings. The van der Waals surface area contributed by atoms with Crippen molar-refractivity contribution in [2.45, 2.75) is 24.8 Å². The molecule has 3 heteroatoms. The van der Waals surface area contributed by atoms with E-state index in [2.05, 4.69) is 30.1 Å². The molecule has 0 aliphatic heterocycles. The zero-order chi connectivity index (χ0) is 12.3. The first-order valence-corrected chi connectivity index (χ1v) is 6.27. The maximum absolute atomic E-state index is 5.72. The lowest BCUT2D eigenvalue weighted by Crippen LogP contribution is -2.40. The molecule has 2 rings (SSSR count). The number of nitrogens with one attached hydrogen (secondary N) is 1. The summed E-state index contributed by atoms with van der Waals surface area (Å²) in [5, 5.41) is 4.06. The van der Waals surface area contributed by atoms with Gasteiger partial charge < -0.3 is 10.1 Å². The fourth-order valence-corrected chi connectivity index (χ4v) is 2.28. The summed E-state index contributed by atoms with van der Waals surface area (Å²) >= 11 is 5.72. The van der Waals surface area contributed by atoms with Gasteiger partial charge in [-0.2, -0.15) is 0 Å². The molecule has 1 saturated carbocycles.